The van der Waals surface area contributed by atoms with Gasteiger partial charge in [0.2, 0.25) is 0 Å². The zero-order chi connectivity index (χ0) is 12.9. The second-order valence-corrected chi connectivity index (χ2v) is 5.04. The molecular weight excluding hydrogens is 232 g/mol. The molecule has 0 aliphatic heterocycles. The van der Waals surface area contributed by atoms with Crippen LogP contribution in [-0.2, 0) is 0 Å². The van der Waals surface area contributed by atoms with Crippen LogP contribution in [0.2, 0.25) is 0 Å². The van der Waals surface area contributed by atoms with E-state index < -0.39 is 11.4 Å². The monoisotopic (exact) mass is 248 g/mol. The largest absolute Gasteiger partial charge is 0.420 e. The van der Waals surface area contributed by atoms with E-state index in [0.29, 0.717) is 17.1 Å². The summed E-state index contributed by atoms with van der Waals surface area (Å²) in [4.78, 5) is 25.8. The van der Waals surface area contributed by atoms with E-state index in [1.807, 2.05) is 13.8 Å². The second kappa shape index (κ2) is 3.86. The Morgan fingerprint density at radius 3 is 2.56 bits per heavy atom. The van der Waals surface area contributed by atoms with Crippen molar-refractivity contribution >= 4 is 11.0 Å². The maximum Gasteiger partial charge on any atom is 0.420 e. The van der Waals surface area contributed by atoms with Crippen LogP contribution >= 0.6 is 0 Å². The first kappa shape index (κ1) is 11.3. The number of hydrogen-bond acceptors (Lipinski definition) is 3. The van der Waals surface area contributed by atoms with Gasteiger partial charge in [0.1, 0.15) is 11.0 Å². The third-order valence-corrected chi connectivity index (χ3v) is 4.06. The highest BCUT2D eigenvalue weighted by atomic mass is 16.4. The van der Waals surface area contributed by atoms with Gasteiger partial charge in [-0.25, -0.2) is 9.59 Å². The van der Waals surface area contributed by atoms with Gasteiger partial charge in [0, 0.05) is 11.7 Å². The molecule has 0 unspecified atom stereocenters. The molecule has 0 saturated heterocycles. The lowest BCUT2D eigenvalue weighted by molar-refractivity contribution is 0.454. The van der Waals surface area contributed by atoms with E-state index in [9.17, 15) is 9.59 Å². The maximum atomic E-state index is 11.8. The summed E-state index contributed by atoms with van der Waals surface area (Å²) >= 11 is 0. The average molecular weight is 248 g/mol. The first-order valence-corrected chi connectivity index (χ1v) is 6.34. The molecule has 0 atom stereocenters. The summed E-state index contributed by atoms with van der Waals surface area (Å²) in [6.45, 7) is 3.89. The SMILES string of the molecule is Cc1c(C)n(C2CCCC2)c2[nH]c(=O)oc(=O)c12. The van der Waals surface area contributed by atoms with E-state index in [1.165, 1.54) is 12.8 Å². The Labute approximate surface area is 103 Å². The van der Waals surface area contributed by atoms with E-state index in [4.69, 9.17) is 0 Å². The normalized spacial score (nSPS) is 16.8. The van der Waals surface area contributed by atoms with Crippen molar-refractivity contribution in [3.05, 3.63) is 32.2 Å². The van der Waals surface area contributed by atoms with Crippen molar-refractivity contribution in [1.82, 2.24) is 9.55 Å². The Balaban J connectivity index is 2.40. The quantitative estimate of drug-likeness (QED) is 0.839. The van der Waals surface area contributed by atoms with Gasteiger partial charge in [-0.1, -0.05) is 12.8 Å². The van der Waals surface area contributed by atoms with E-state index in [0.717, 1.165) is 24.1 Å². The van der Waals surface area contributed by atoms with Crippen molar-refractivity contribution in [1.29, 1.82) is 0 Å². The second-order valence-electron chi connectivity index (χ2n) is 5.04. The van der Waals surface area contributed by atoms with Crippen LogP contribution < -0.4 is 11.4 Å². The summed E-state index contributed by atoms with van der Waals surface area (Å²) in [6, 6.07) is 0.388. The van der Waals surface area contributed by atoms with Crippen molar-refractivity contribution in [2.45, 2.75) is 45.6 Å². The topological polar surface area (TPSA) is 68.0 Å². The number of nitrogens with one attached hydrogen (secondary N) is 1. The fourth-order valence-corrected chi connectivity index (χ4v) is 3.08. The summed E-state index contributed by atoms with van der Waals surface area (Å²) in [7, 11) is 0. The van der Waals surface area contributed by atoms with Gasteiger partial charge in [-0.2, -0.15) is 0 Å². The fourth-order valence-electron chi connectivity index (χ4n) is 3.08. The van der Waals surface area contributed by atoms with Crippen LogP contribution in [0.5, 0.6) is 0 Å². The summed E-state index contributed by atoms with van der Waals surface area (Å²) < 4.78 is 6.73. The molecule has 96 valence electrons. The molecule has 1 fully saturated rings. The molecular formula is C13H16N2O3. The zero-order valence-electron chi connectivity index (χ0n) is 10.6. The lowest BCUT2D eigenvalue weighted by Crippen LogP contribution is -2.16. The van der Waals surface area contributed by atoms with Crippen LogP contribution in [0.15, 0.2) is 14.0 Å². The van der Waals surface area contributed by atoms with Gasteiger partial charge in [-0.05, 0) is 32.3 Å². The van der Waals surface area contributed by atoms with E-state index in [-0.39, 0.29) is 0 Å². The Hall–Kier alpha value is -1.78. The molecule has 5 nitrogen and oxygen atoms in total. The Kier molecular flexibility index (Phi) is 2.43. The van der Waals surface area contributed by atoms with Gasteiger partial charge in [-0.15, -0.1) is 0 Å². The highest BCUT2D eigenvalue weighted by molar-refractivity contribution is 5.80. The van der Waals surface area contributed by atoms with Gasteiger partial charge in [0.05, 0.1) is 0 Å². The number of aryl methyl sites for hydroxylation is 1. The van der Waals surface area contributed by atoms with Gasteiger partial charge in [-0.3, -0.25) is 4.98 Å². The smallest absolute Gasteiger partial charge is 0.372 e. The molecule has 18 heavy (non-hydrogen) atoms. The number of hydrogen-bond donors (Lipinski definition) is 1. The van der Waals surface area contributed by atoms with E-state index >= 15 is 0 Å². The molecule has 2 heterocycles. The lowest BCUT2D eigenvalue weighted by Gasteiger charge is -2.15. The molecule has 1 aliphatic rings. The minimum atomic E-state index is -0.677. The Morgan fingerprint density at radius 2 is 1.89 bits per heavy atom. The summed E-state index contributed by atoms with van der Waals surface area (Å²) in [6.07, 6.45) is 4.61. The van der Waals surface area contributed by atoms with Gasteiger partial charge in [0.15, 0.2) is 0 Å². The number of nitrogens with zero attached hydrogens (tertiary/aromatic N) is 1. The third-order valence-electron chi connectivity index (χ3n) is 4.06. The first-order valence-electron chi connectivity index (χ1n) is 6.34. The van der Waals surface area contributed by atoms with Gasteiger partial charge >= 0.3 is 11.4 Å². The van der Waals surface area contributed by atoms with Gasteiger partial charge < -0.3 is 8.98 Å². The van der Waals surface area contributed by atoms with Crippen LogP contribution in [-0.4, -0.2) is 9.55 Å². The number of H-pyrrole nitrogens is 1. The standard InChI is InChI=1S/C13H16N2O3/c1-7-8(2)15(9-5-3-4-6-9)11-10(7)12(16)18-13(17)14-11/h9H,3-6H2,1-2H3,(H,14,17). The van der Waals surface area contributed by atoms with Crippen LogP contribution in [0, 0.1) is 13.8 Å². The fraction of sp³-hybridized carbons (Fsp3) is 0.538. The van der Waals surface area contributed by atoms with E-state index in [2.05, 4.69) is 14.0 Å². The van der Waals surface area contributed by atoms with Gasteiger partial charge in [0.25, 0.3) is 0 Å². The molecule has 0 spiro atoms. The molecule has 3 rings (SSSR count). The molecule has 2 aromatic heterocycles. The van der Waals surface area contributed by atoms with Crippen LogP contribution in [0.1, 0.15) is 43.0 Å². The molecule has 0 aromatic carbocycles. The average Bonchev–Trinajstić information content (AvgIpc) is 2.88. The summed E-state index contributed by atoms with van der Waals surface area (Å²) in [5.74, 6) is -0.677. The molecule has 0 amide bonds. The van der Waals surface area contributed by atoms with Crippen LogP contribution in [0.4, 0.5) is 0 Å². The van der Waals surface area contributed by atoms with Crippen LogP contribution in [0.25, 0.3) is 11.0 Å². The minimum absolute atomic E-state index is 0.388. The summed E-state index contributed by atoms with van der Waals surface area (Å²) in [5.41, 5.74) is 2.04. The molecule has 0 bridgehead atoms. The number of fused-ring (bicyclic) bond motifs is 1. The third kappa shape index (κ3) is 1.46. The van der Waals surface area contributed by atoms with Crippen molar-refractivity contribution in [2.24, 2.45) is 0 Å². The predicted octanol–water partition coefficient (Wildman–Crippen LogP) is 2.01. The van der Waals surface area contributed by atoms with Crippen molar-refractivity contribution < 1.29 is 4.42 Å². The Bertz CT molecular complexity index is 714. The molecule has 1 N–H and O–H groups in total. The molecule has 0 radical (unpaired) electrons. The molecule has 5 heteroatoms. The molecule has 2 aromatic rings. The highest BCUT2D eigenvalue weighted by Crippen LogP contribution is 2.34. The zero-order valence-corrected chi connectivity index (χ0v) is 10.6. The molecule has 1 aliphatic carbocycles. The van der Waals surface area contributed by atoms with Crippen LogP contribution in [0.3, 0.4) is 0 Å². The van der Waals surface area contributed by atoms with Crippen molar-refractivity contribution in [3.8, 4) is 0 Å². The number of rotatable bonds is 1. The van der Waals surface area contributed by atoms with Crippen molar-refractivity contribution in [2.75, 3.05) is 0 Å². The maximum absolute atomic E-state index is 11.8. The van der Waals surface area contributed by atoms with E-state index in [1.54, 1.807) is 0 Å². The summed E-state index contributed by atoms with van der Waals surface area (Å²) in [5, 5.41) is 0.513. The van der Waals surface area contributed by atoms with Crippen molar-refractivity contribution in [3.63, 3.8) is 0 Å². The lowest BCUT2D eigenvalue weighted by atomic mass is 10.2. The highest BCUT2D eigenvalue weighted by Gasteiger charge is 2.24. The predicted molar refractivity (Wildman–Crippen MR) is 68.1 cm³/mol. The Morgan fingerprint density at radius 1 is 1.22 bits per heavy atom. The minimum Gasteiger partial charge on any atom is -0.372 e. The first-order chi connectivity index (χ1) is 8.59. The number of aromatic amines is 1. The molecule has 1 saturated carbocycles. The number of aromatic nitrogens is 2.